The van der Waals surface area contributed by atoms with Crippen molar-refractivity contribution in [3.05, 3.63) is 62.6 Å². The molecule has 0 spiro atoms. The Balaban J connectivity index is 1.41. The molecule has 2 heterocycles. The molecule has 3 atom stereocenters. The normalized spacial score (nSPS) is 22.5. The number of ether oxygens (including phenoxy) is 2. The van der Waals surface area contributed by atoms with Gasteiger partial charge in [0.1, 0.15) is 18.4 Å². The van der Waals surface area contributed by atoms with Crippen molar-refractivity contribution < 1.29 is 19.4 Å². The second-order valence-electron chi connectivity index (χ2n) is 9.46. The zero-order valence-corrected chi connectivity index (χ0v) is 22.3. The van der Waals surface area contributed by atoms with Crippen molar-refractivity contribution in [3.63, 3.8) is 0 Å². The molecular weight excluding hydrogens is 534 g/mol. The molecule has 3 N–H and O–H groups in total. The number of nitrogens with zero attached hydrogens (tertiary/aromatic N) is 1. The Bertz CT molecular complexity index is 1020. The van der Waals surface area contributed by atoms with E-state index in [9.17, 15) is 9.90 Å². The first kappa shape index (κ1) is 26.4. The second-order valence-corrected chi connectivity index (χ2v) is 10.8. The molecule has 2 aromatic rings. The van der Waals surface area contributed by atoms with E-state index < -0.39 is 12.0 Å². The van der Waals surface area contributed by atoms with Gasteiger partial charge in [0.2, 0.25) is 0 Å². The zero-order chi connectivity index (χ0) is 24.8. The minimum atomic E-state index is -0.798. The molecule has 2 fully saturated rings. The molecule has 9 heteroatoms. The average Bonchev–Trinajstić information content (AvgIpc) is 3.47. The standard InChI is InChI=1S/C26H33BrClN3O4/c1-31-14-23(10-25(31)26(32)33)34-15-19-6-18(13-30-12-17-4-5-29-11-17)7-22(8-19)35-16-20-2-3-21(28)9-24(20)27/h2-3,6-9,17,23,25,29-30H,4-5,10-16H2,1H3,(H,32,33). The molecule has 0 aromatic heterocycles. The molecule has 190 valence electrons. The van der Waals surface area contributed by atoms with Crippen molar-refractivity contribution in [1.29, 1.82) is 0 Å². The van der Waals surface area contributed by atoms with Crippen LogP contribution in [0.1, 0.15) is 29.5 Å². The smallest absolute Gasteiger partial charge is 0.321 e. The number of carboxylic acid groups (broad SMARTS) is 1. The summed E-state index contributed by atoms with van der Waals surface area (Å²) < 4.78 is 13.2. The van der Waals surface area contributed by atoms with Crippen LogP contribution in [0.5, 0.6) is 5.75 Å². The first-order valence-electron chi connectivity index (χ1n) is 12.0. The van der Waals surface area contributed by atoms with Gasteiger partial charge in [-0.05, 0) is 74.4 Å². The molecule has 4 rings (SSSR count). The Morgan fingerprint density at radius 2 is 2.09 bits per heavy atom. The van der Waals surface area contributed by atoms with Crippen LogP contribution in [0.3, 0.4) is 0 Å². The van der Waals surface area contributed by atoms with E-state index in [1.807, 2.05) is 36.2 Å². The fourth-order valence-corrected chi connectivity index (χ4v) is 5.48. The van der Waals surface area contributed by atoms with Gasteiger partial charge >= 0.3 is 5.97 Å². The van der Waals surface area contributed by atoms with Crippen molar-refractivity contribution in [2.24, 2.45) is 5.92 Å². The molecule has 2 aliphatic heterocycles. The highest BCUT2D eigenvalue weighted by Gasteiger charge is 2.34. The Morgan fingerprint density at radius 3 is 2.80 bits per heavy atom. The van der Waals surface area contributed by atoms with Crippen LogP contribution >= 0.6 is 27.5 Å². The highest BCUT2D eigenvalue weighted by molar-refractivity contribution is 9.10. The maximum atomic E-state index is 11.4. The number of likely N-dealkylation sites (tertiary alicyclic amines) is 1. The Kier molecular flexibility index (Phi) is 9.44. The number of benzene rings is 2. The lowest BCUT2D eigenvalue weighted by Gasteiger charge is -2.16. The second kappa shape index (κ2) is 12.5. The quantitative estimate of drug-likeness (QED) is 0.378. The summed E-state index contributed by atoms with van der Waals surface area (Å²) in [7, 11) is 1.83. The van der Waals surface area contributed by atoms with Gasteiger partial charge in [0.05, 0.1) is 12.7 Å². The summed E-state index contributed by atoms with van der Waals surface area (Å²) in [4.78, 5) is 13.2. The number of hydrogen-bond donors (Lipinski definition) is 3. The first-order chi connectivity index (χ1) is 16.9. The minimum Gasteiger partial charge on any atom is -0.489 e. The average molecular weight is 567 g/mol. The fourth-order valence-electron chi connectivity index (χ4n) is 4.68. The number of halogens is 2. The van der Waals surface area contributed by atoms with E-state index in [2.05, 4.69) is 38.7 Å². The number of carbonyl (C=O) groups is 1. The van der Waals surface area contributed by atoms with Gasteiger partial charge in [0.15, 0.2) is 0 Å². The van der Waals surface area contributed by atoms with Crippen LogP contribution in [0.2, 0.25) is 5.02 Å². The Hall–Kier alpha value is -1.68. The van der Waals surface area contributed by atoms with Crippen LogP contribution in [-0.2, 0) is 29.3 Å². The Labute approximate surface area is 220 Å². The van der Waals surface area contributed by atoms with Crippen LogP contribution in [-0.4, -0.2) is 61.3 Å². The highest BCUT2D eigenvalue weighted by Crippen LogP contribution is 2.26. The largest absolute Gasteiger partial charge is 0.489 e. The fraction of sp³-hybridized carbons (Fsp3) is 0.500. The summed E-state index contributed by atoms with van der Waals surface area (Å²) in [5, 5.41) is 17.0. The van der Waals surface area contributed by atoms with E-state index in [0.29, 0.717) is 37.1 Å². The molecule has 35 heavy (non-hydrogen) atoms. The number of nitrogens with one attached hydrogen (secondary N) is 2. The lowest BCUT2D eigenvalue weighted by atomic mass is 10.1. The SMILES string of the molecule is CN1CC(OCc2cc(CNCC3CCNC3)cc(OCc3ccc(Cl)cc3Br)c2)CC1C(=O)O. The monoisotopic (exact) mass is 565 g/mol. The molecular formula is C26H33BrClN3O4. The summed E-state index contributed by atoms with van der Waals surface area (Å²) in [6.07, 6.45) is 1.60. The number of hydrogen-bond acceptors (Lipinski definition) is 6. The van der Waals surface area contributed by atoms with E-state index in [1.54, 1.807) is 0 Å². The van der Waals surface area contributed by atoms with Crippen molar-refractivity contribution in [3.8, 4) is 5.75 Å². The number of likely N-dealkylation sites (N-methyl/N-ethyl adjacent to an activating group) is 1. The number of carboxylic acids is 1. The van der Waals surface area contributed by atoms with Gasteiger partial charge in [-0.1, -0.05) is 39.7 Å². The first-order valence-corrected chi connectivity index (χ1v) is 13.2. The summed E-state index contributed by atoms with van der Waals surface area (Å²) in [5.41, 5.74) is 3.16. The molecule has 2 aromatic carbocycles. The van der Waals surface area contributed by atoms with Gasteiger partial charge in [0.25, 0.3) is 0 Å². The number of rotatable bonds is 11. The van der Waals surface area contributed by atoms with Crippen molar-refractivity contribution in [2.75, 3.05) is 33.2 Å². The van der Waals surface area contributed by atoms with Gasteiger partial charge in [0, 0.05) is 34.6 Å². The third-order valence-electron chi connectivity index (χ3n) is 6.64. The third kappa shape index (κ3) is 7.65. The van der Waals surface area contributed by atoms with Crippen molar-refractivity contribution in [2.45, 2.75) is 44.7 Å². The summed E-state index contributed by atoms with van der Waals surface area (Å²) >= 11 is 9.62. The molecule has 2 aliphatic rings. The minimum absolute atomic E-state index is 0.105. The molecule has 3 unspecified atom stereocenters. The van der Waals surface area contributed by atoms with Gasteiger partial charge in [-0.2, -0.15) is 0 Å². The lowest BCUT2D eigenvalue weighted by molar-refractivity contribution is -0.141. The molecule has 0 bridgehead atoms. The van der Waals surface area contributed by atoms with Crippen LogP contribution in [0, 0.1) is 5.92 Å². The van der Waals surface area contributed by atoms with E-state index in [1.165, 1.54) is 6.42 Å². The van der Waals surface area contributed by atoms with E-state index in [4.69, 9.17) is 21.1 Å². The van der Waals surface area contributed by atoms with Crippen LogP contribution in [0.25, 0.3) is 0 Å². The maximum Gasteiger partial charge on any atom is 0.321 e. The van der Waals surface area contributed by atoms with Crippen molar-refractivity contribution in [1.82, 2.24) is 15.5 Å². The Morgan fingerprint density at radius 1 is 1.26 bits per heavy atom. The zero-order valence-electron chi connectivity index (χ0n) is 19.9. The van der Waals surface area contributed by atoms with E-state index >= 15 is 0 Å². The molecule has 0 amide bonds. The lowest BCUT2D eigenvalue weighted by Crippen LogP contribution is -2.32. The maximum absolute atomic E-state index is 11.4. The molecule has 0 radical (unpaired) electrons. The van der Waals surface area contributed by atoms with Gasteiger partial charge in [-0.25, -0.2) is 0 Å². The van der Waals surface area contributed by atoms with Gasteiger partial charge in [-0.15, -0.1) is 0 Å². The van der Waals surface area contributed by atoms with Gasteiger partial charge < -0.3 is 25.2 Å². The van der Waals surface area contributed by atoms with Crippen LogP contribution < -0.4 is 15.4 Å². The highest BCUT2D eigenvalue weighted by atomic mass is 79.9. The van der Waals surface area contributed by atoms with E-state index in [-0.39, 0.29) is 6.10 Å². The molecule has 0 aliphatic carbocycles. The predicted octanol–water partition coefficient (Wildman–Crippen LogP) is 4.05. The molecule has 7 nitrogen and oxygen atoms in total. The summed E-state index contributed by atoms with van der Waals surface area (Å²) in [5.74, 6) is 0.647. The molecule has 2 saturated heterocycles. The molecule has 0 saturated carbocycles. The third-order valence-corrected chi connectivity index (χ3v) is 7.61. The van der Waals surface area contributed by atoms with Crippen LogP contribution in [0.15, 0.2) is 40.9 Å². The van der Waals surface area contributed by atoms with Gasteiger partial charge in [-0.3, -0.25) is 9.69 Å². The predicted molar refractivity (Wildman–Crippen MR) is 140 cm³/mol. The summed E-state index contributed by atoms with van der Waals surface area (Å²) in [6, 6.07) is 11.4. The number of aliphatic carboxylic acids is 1. The van der Waals surface area contributed by atoms with Crippen LogP contribution in [0.4, 0.5) is 0 Å². The van der Waals surface area contributed by atoms with E-state index in [0.717, 1.165) is 53.1 Å². The summed E-state index contributed by atoms with van der Waals surface area (Å²) in [6.45, 7) is 5.32. The topological polar surface area (TPSA) is 83.1 Å². The van der Waals surface area contributed by atoms with Crippen molar-refractivity contribution >= 4 is 33.5 Å².